The lowest BCUT2D eigenvalue weighted by Crippen LogP contribution is -2.59. The molecule has 3 heterocycles. The fourth-order valence-corrected chi connectivity index (χ4v) is 6.48. The Balaban J connectivity index is 1.79. The minimum Gasteiger partial charge on any atom is -0.477 e. The number of hydrogen-bond acceptors (Lipinski definition) is 6. The number of amidine groups is 1. The molecule has 234 valence electrons. The number of urea groups is 1. The maximum atomic E-state index is 14.9. The van der Waals surface area contributed by atoms with E-state index in [1.807, 2.05) is 95.0 Å². The molecule has 2 amide bonds. The van der Waals surface area contributed by atoms with Crippen LogP contribution >= 0.6 is 23.2 Å². The summed E-state index contributed by atoms with van der Waals surface area (Å²) < 4.78 is 6.12. The maximum Gasteiger partial charge on any atom is 0.326 e. The van der Waals surface area contributed by atoms with Gasteiger partial charge in [-0.15, -0.1) is 0 Å². The molecule has 0 bridgehead atoms. The van der Waals surface area contributed by atoms with Crippen LogP contribution in [-0.4, -0.2) is 63.0 Å². The van der Waals surface area contributed by atoms with E-state index >= 15 is 0 Å². The second kappa shape index (κ2) is 12.3. The number of ether oxygens (including phenoxy) is 1. The van der Waals surface area contributed by atoms with Crippen molar-refractivity contribution in [2.75, 3.05) is 26.3 Å². The molecule has 8 nitrogen and oxygen atoms in total. The number of aliphatic hydroxyl groups excluding tert-OH is 1. The Morgan fingerprint density at radius 2 is 1.66 bits per heavy atom. The lowest BCUT2D eigenvalue weighted by atomic mass is 9.71. The molecule has 5 rings (SSSR count). The summed E-state index contributed by atoms with van der Waals surface area (Å²) in [6, 6.07) is 14.9. The first-order chi connectivity index (χ1) is 20.8. The number of aliphatic hydroxyl groups is 1. The van der Waals surface area contributed by atoms with Gasteiger partial charge in [-0.1, -0.05) is 68.2 Å². The summed E-state index contributed by atoms with van der Waals surface area (Å²) in [6.07, 6.45) is 3.39. The fourth-order valence-electron chi connectivity index (χ4n) is 6.22. The number of likely N-dealkylation sites (tertiary alicyclic amines) is 1. The van der Waals surface area contributed by atoms with Crippen LogP contribution in [0.2, 0.25) is 10.0 Å². The first-order valence-corrected chi connectivity index (χ1v) is 15.9. The summed E-state index contributed by atoms with van der Waals surface area (Å²) in [5, 5.41) is 11.2. The van der Waals surface area contributed by atoms with Crippen molar-refractivity contribution in [2.45, 2.75) is 70.9 Å². The van der Waals surface area contributed by atoms with Gasteiger partial charge in [-0.3, -0.25) is 9.89 Å². The Morgan fingerprint density at radius 3 is 2.23 bits per heavy atom. The number of rotatable bonds is 6. The van der Waals surface area contributed by atoms with E-state index in [0.29, 0.717) is 52.8 Å². The lowest BCUT2D eigenvalue weighted by Gasteiger charge is -2.47. The highest BCUT2D eigenvalue weighted by Crippen LogP contribution is 2.54. The Kier molecular flexibility index (Phi) is 9.00. The van der Waals surface area contributed by atoms with Crippen LogP contribution < -0.4 is 4.74 Å². The highest BCUT2D eigenvalue weighted by molar-refractivity contribution is 6.30. The average Bonchev–Trinajstić information content (AvgIpc) is 3.25. The van der Waals surface area contributed by atoms with E-state index in [-0.39, 0.29) is 24.0 Å². The van der Waals surface area contributed by atoms with Gasteiger partial charge < -0.3 is 14.7 Å². The van der Waals surface area contributed by atoms with E-state index in [9.17, 15) is 9.90 Å². The zero-order valence-corrected chi connectivity index (χ0v) is 27.8. The standard InChI is InChI=1S/C34H41Cl2N5O3/c1-7-44-29-27(19-37-30(38-29)32(2,3)4)28-39-33(5,23-10-14-25(35)15-11-23)34(6,24-12-16-26(36)17-13-24)41(28)31(43)40-18-8-9-22(20-40)21-42/h10-17,19,22,42H,7-9,18,20-21H2,1-6H3. The summed E-state index contributed by atoms with van der Waals surface area (Å²) in [6.45, 7) is 13.5. The minimum absolute atomic E-state index is 0.00789. The molecular weight excluding hydrogens is 597 g/mol. The van der Waals surface area contributed by atoms with Crippen molar-refractivity contribution in [1.82, 2.24) is 19.8 Å². The third-order valence-electron chi connectivity index (χ3n) is 8.93. The van der Waals surface area contributed by atoms with Gasteiger partial charge in [0, 0.05) is 41.4 Å². The van der Waals surface area contributed by atoms with Gasteiger partial charge in [-0.2, -0.15) is 4.98 Å². The van der Waals surface area contributed by atoms with E-state index < -0.39 is 11.1 Å². The van der Waals surface area contributed by atoms with Crippen molar-refractivity contribution >= 4 is 35.1 Å². The number of piperidine rings is 1. The monoisotopic (exact) mass is 637 g/mol. The Morgan fingerprint density at radius 1 is 1.05 bits per heavy atom. The van der Waals surface area contributed by atoms with E-state index in [4.69, 9.17) is 42.9 Å². The topological polar surface area (TPSA) is 91.2 Å². The molecule has 44 heavy (non-hydrogen) atoms. The van der Waals surface area contributed by atoms with Crippen LogP contribution in [0, 0.1) is 5.92 Å². The Hall–Kier alpha value is -3.20. The van der Waals surface area contributed by atoms with Crippen molar-refractivity contribution in [3.8, 4) is 5.88 Å². The second-order valence-electron chi connectivity index (χ2n) is 12.9. The maximum absolute atomic E-state index is 14.9. The number of nitrogens with zero attached hydrogens (tertiary/aromatic N) is 5. The van der Waals surface area contributed by atoms with Crippen molar-refractivity contribution < 1.29 is 14.6 Å². The molecule has 1 saturated heterocycles. The van der Waals surface area contributed by atoms with Gasteiger partial charge >= 0.3 is 6.03 Å². The molecule has 10 heteroatoms. The molecule has 1 fully saturated rings. The molecule has 0 radical (unpaired) electrons. The van der Waals surface area contributed by atoms with Crippen LogP contribution in [0.15, 0.2) is 59.7 Å². The molecule has 1 N–H and O–H groups in total. The zero-order chi connectivity index (χ0) is 31.9. The Bertz CT molecular complexity index is 1540. The van der Waals surface area contributed by atoms with Crippen LogP contribution in [0.3, 0.4) is 0 Å². The van der Waals surface area contributed by atoms with Crippen LogP contribution in [0.1, 0.15) is 76.9 Å². The normalized spacial score (nSPS) is 23.9. The van der Waals surface area contributed by atoms with Gasteiger partial charge in [0.05, 0.1) is 12.2 Å². The predicted octanol–water partition coefficient (Wildman–Crippen LogP) is 7.20. The van der Waals surface area contributed by atoms with E-state index in [2.05, 4.69) is 0 Å². The van der Waals surface area contributed by atoms with Crippen LogP contribution in [0.5, 0.6) is 5.88 Å². The van der Waals surface area contributed by atoms with Crippen molar-refractivity contribution in [3.05, 3.63) is 87.3 Å². The van der Waals surface area contributed by atoms with Gasteiger partial charge in [0.1, 0.15) is 22.7 Å². The highest BCUT2D eigenvalue weighted by atomic mass is 35.5. The Labute approximate surface area is 270 Å². The molecule has 2 aliphatic rings. The van der Waals surface area contributed by atoms with E-state index in [1.165, 1.54) is 0 Å². The van der Waals surface area contributed by atoms with Crippen LogP contribution in [0.25, 0.3) is 0 Å². The number of amides is 2. The summed E-state index contributed by atoms with van der Waals surface area (Å²) in [7, 11) is 0. The number of carbonyl (C=O) groups is 1. The molecule has 0 aliphatic carbocycles. The minimum atomic E-state index is -1.03. The van der Waals surface area contributed by atoms with Gasteiger partial charge in [-0.25, -0.2) is 9.78 Å². The highest BCUT2D eigenvalue weighted by Gasteiger charge is 2.60. The van der Waals surface area contributed by atoms with Crippen LogP contribution in [0.4, 0.5) is 4.79 Å². The van der Waals surface area contributed by atoms with Gasteiger partial charge in [0.25, 0.3) is 0 Å². The SMILES string of the molecule is CCOc1nc(C(C)(C)C)ncc1C1=NC(C)(c2ccc(Cl)cc2)C(C)(c2ccc(Cl)cc2)N1C(=O)N1CCCC(CO)C1. The molecular formula is C34H41Cl2N5O3. The largest absolute Gasteiger partial charge is 0.477 e. The number of hydrogen-bond donors (Lipinski definition) is 1. The fraction of sp³-hybridized carbons (Fsp3) is 0.471. The first kappa shape index (κ1) is 32.2. The third-order valence-corrected chi connectivity index (χ3v) is 9.44. The molecule has 0 spiro atoms. The molecule has 2 aromatic carbocycles. The molecule has 3 unspecified atom stereocenters. The average molecular weight is 639 g/mol. The molecule has 2 aliphatic heterocycles. The second-order valence-corrected chi connectivity index (χ2v) is 13.8. The summed E-state index contributed by atoms with van der Waals surface area (Å²) >= 11 is 12.7. The number of carbonyl (C=O) groups excluding carboxylic acids is 1. The van der Waals surface area contributed by atoms with Gasteiger partial charge in [0.2, 0.25) is 5.88 Å². The molecule has 1 aromatic heterocycles. The summed E-state index contributed by atoms with van der Waals surface area (Å²) in [4.78, 5) is 33.5. The zero-order valence-electron chi connectivity index (χ0n) is 26.3. The quantitative estimate of drug-likeness (QED) is 0.309. The number of benzene rings is 2. The number of aromatic nitrogens is 2. The van der Waals surface area contributed by atoms with Gasteiger partial charge in [-0.05, 0) is 74.9 Å². The van der Waals surface area contributed by atoms with Gasteiger partial charge in [0.15, 0.2) is 0 Å². The first-order valence-electron chi connectivity index (χ1n) is 15.2. The molecule has 0 saturated carbocycles. The smallest absolute Gasteiger partial charge is 0.326 e. The number of halogens is 2. The molecule has 3 atom stereocenters. The van der Waals surface area contributed by atoms with Crippen LogP contribution in [-0.2, 0) is 16.5 Å². The van der Waals surface area contributed by atoms with E-state index in [1.54, 1.807) is 11.1 Å². The van der Waals surface area contributed by atoms with E-state index in [0.717, 1.165) is 24.0 Å². The third kappa shape index (κ3) is 5.68. The number of aliphatic imine (C=N–C) groups is 1. The van der Waals surface area contributed by atoms with Crippen molar-refractivity contribution in [3.63, 3.8) is 0 Å². The summed E-state index contributed by atoms with van der Waals surface area (Å²) in [5.74, 6) is 1.42. The van der Waals surface area contributed by atoms with Crippen molar-refractivity contribution in [1.29, 1.82) is 0 Å². The predicted molar refractivity (Wildman–Crippen MR) is 175 cm³/mol. The lowest BCUT2D eigenvalue weighted by molar-refractivity contribution is 0.0836. The molecule has 3 aromatic rings. The summed E-state index contributed by atoms with van der Waals surface area (Å²) in [5.41, 5.74) is -0.0659. The van der Waals surface area contributed by atoms with Crippen molar-refractivity contribution in [2.24, 2.45) is 10.9 Å².